The van der Waals surface area contributed by atoms with E-state index in [4.69, 9.17) is 16.2 Å². The number of carbonyl (C=O) groups excluding carboxylic acids is 2. The van der Waals surface area contributed by atoms with Gasteiger partial charge in [0.2, 0.25) is 12.0 Å². The third kappa shape index (κ3) is 2.46. The number of anilines is 2. The van der Waals surface area contributed by atoms with Crippen LogP contribution >= 0.6 is 0 Å². The Labute approximate surface area is 127 Å². The van der Waals surface area contributed by atoms with Crippen molar-refractivity contribution in [2.75, 3.05) is 17.2 Å². The highest BCUT2D eigenvalue weighted by atomic mass is 16.5. The largest absolute Gasteiger partial charge is 0.474 e. The fourth-order valence-corrected chi connectivity index (χ4v) is 2.44. The number of benzene rings is 2. The maximum Gasteiger partial charge on any atom is 0.273 e. The zero-order valence-corrected chi connectivity index (χ0v) is 11.7. The second kappa shape index (κ2) is 5.40. The van der Waals surface area contributed by atoms with Crippen molar-refractivity contribution >= 4 is 23.2 Å². The highest BCUT2D eigenvalue weighted by molar-refractivity contribution is 6.04. The van der Waals surface area contributed by atoms with Crippen molar-refractivity contribution in [1.82, 2.24) is 0 Å². The summed E-state index contributed by atoms with van der Waals surface area (Å²) in [5, 5.41) is 0. The lowest BCUT2D eigenvalue weighted by Gasteiger charge is -2.34. The molecular formula is C16H15N3O3. The SMILES string of the molecule is NC(=O)CN1C(=O)C(c2ccccc2)Oc2ccc(N)cc21. The lowest BCUT2D eigenvalue weighted by atomic mass is 10.1. The molecule has 6 nitrogen and oxygen atoms in total. The Bertz CT molecular complexity index is 731. The molecule has 0 bridgehead atoms. The number of rotatable bonds is 3. The number of nitrogens with two attached hydrogens (primary N) is 2. The molecular weight excluding hydrogens is 282 g/mol. The van der Waals surface area contributed by atoms with Crippen LogP contribution in [0.5, 0.6) is 5.75 Å². The van der Waals surface area contributed by atoms with Crippen LogP contribution < -0.4 is 21.1 Å². The first-order valence-corrected chi connectivity index (χ1v) is 6.77. The fourth-order valence-electron chi connectivity index (χ4n) is 2.44. The molecule has 1 aliphatic heterocycles. The molecule has 1 atom stereocenters. The quantitative estimate of drug-likeness (QED) is 0.832. The predicted octanol–water partition coefficient (Wildman–Crippen LogP) is 1.22. The predicted molar refractivity (Wildman–Crippen MR) is 82.2 cm³/mol. The summed E-state index contributed by atoms with van der Waals surface area (Å²) in [4.78, 5) is 25.3. The number of nitrogens with zero attached hydrogens (tertiary/aromatic N) is 1. The number of carbonyl (C=O) groups is 2. The zero-order chi connectivity index (χ0) is 15.7. The minimum atomic E-state index is -0.809. The van der Waals surface area contributed by atoms with Crippen LogP contribution in [0.4, 0.5) is 11.4 Å². The second-order valence-electron chi connectivity index (χ2n) is 5.03. The number of amides is 2. The summed E-state index contributed by atoms with van der Waals surface area (Å²) >= 11 is 0. The van der Waals surface area contributed by atoms with Crippen molar-refractivity contribution in [2.24, 2.45) is 5.73 Å². The van der Waals surface area contributed by atoms with Gasteiger partial charge in [-0.2, -0.15) is 0 Å². The first-order valence-electron chi connectivity index (χ1n) is 6.77. The van der Waals surface area contributed by atoms with E-state index in [0.29, 0.717) is 22.7 Å². The van der Waals surface area contributed by atoms with E-state index in [1.165, 1.54) is 4.90 Å². The summed E-state index contributed by atoms with van der Waals surface area (Å²) in [7, 11) is 0. The zero-order valence-electron chi connectivity index (χ0n) is 11.7. The van der Waals surface area contributed by atoms with Crippen LogP contribution in [0.25, 0.3) is 0 Å². The Morgan fingerprint density at radius 1 is 1.18 bits per heavy atom. The van der Waals surface area contributed by atoms with Crippen molar-refractivity contribution in [3.63, 3.8) is 0 Å². The summed E-state index contributed by atoms with van der Waals surface area (Å²) in [6.07, 6.45) is -0.809. The van der Waals surface area contributed by atoms with Gasteiger partial charge in [0.1, 0.15) is 12.3 Å². The monoisotopic (exact) mass is 297 g/mol. The van der Waals surface area contributed by atoms with Crippen molar-refractivity contribution in [3.8, 4) is 5.75 Å². The normalized spacial score (nSPS) is 16.8. The Morgan fingerprint density at radius 3 is 2.59 bits per heavy atom. The minimum Gasteiger partial charge on any atom is -0.474 e. The smallest absolute Gasteiger partial charge is 0.273 e. The molecule has 0 saturated heterocycles. The van der Waals surface area contributed by atoms with Crippen LogP contribution in [-0.4, -0.2) is 18.4 Å². The Kier molecular flexibility index (Phi) is 3.42. The van der Waals surface area contributed by atoms with E-state index in [2.05, 4.69) is 0 Å². The average Bonchev–Trinajstić information content (AvgIpc) is 2.51. The summed E-state index contributed by atoms with van der Waals surface area (Å²) in [5.74, 6) is -0.456. The highest BCUT2D eigenvalue weighted by Crippen LogP contribution is 2.39. The maximum atomic E-state index is 12.7. The number of fused-ring (bicyclic) bond motifs is 1. The fraction of sp³-hybridized carbons (Fsp3) is 0.125. The molecule has 6 heteroatoms. The molecule has 4 N–H and O–H groups in total. The van der Waals surface area contributed by atoms with E-state index < -0.39 is 12.0 Å². The molecule has 2 aromatic carbocycles. The molecule has 0 saturated carbocycles. The summed E-state index contributed by atoms with van der Waals surface area (Å²) < 4.78 is 5.80. The van der Waals surface area contributed by atoms with Crippen LogP contribution in [-0.2, 0) is 9.59 Å². The molecule has 0 fully saturated rings. The van der Waals surface area contributed by atoms with Crippen LogP contribution in [0.15, 0.2) is 48.5 Å². The molecule has 0 spiro atoms. The molecule has 0 radical (unpaired) electrons. The molecule has 2 amide bonds. The van der Waals surface area contributed by atoms with Crippen molar-refractivity contribution in [3.05, 3.63) is 54.1 Å². The van der Waals surface area contributed by atoms with Crippen LogP contribution in [0.2, 0.25) is 0 Å². The maximum absolute atomic E-state index is 12.7. The van der Waals surface area contributed by atoms with Gasteiger partial charge in [-0.1, -0.05) is 30.3 Å². The van der Waals surface area contributed by atoms with Crippen molar-refractivity contribution < 1.29 is 14.3 Å². The topological polar surface area (TPSA) is 98.7 Å². The van der Waals surface area contributed by atoms with E-state index in [1.807, 2.05) is 18.2 Å². The Morgan fingerprint density at radius 2 is 1.91 bits per heavy atom. The number of hydrogen-bond donors (Lipinski definition) is 2. The van der Waals surface area contributed by atoms with Crippen LogP contribution in [0, 0.1) is 0 Å². The minimum absolute atomic E-state index is 0.220. The Hall–Kier alpha value is -3.02. The molecule has 22 heavy (non-hydrogen) atoms. The van der Waals surface area contributed by atoms with Gasteiger partial charge >= 0.3 is 0 Å². The van der Waals surface area contributed by atoms with Crippen molar-refractivity contribution in [1.29, 1.82) is 0 Å². The number of nitrogen functional groups attached to an aromatic ring is 1. The molecule has 2 aromatic rings. The van der Waals surface area contributed by atoms with Gasteiger partial charge in [0, 0.05) is 11.3 Å². The van der Waals surface area contributed by atoms with Crippen LogP contribution in [0.3, 0.4) is 0 Å². The number of primary amides is 1. The van der Waals surface area contributed by atoms with Gasteiger partial charge in [0.15, 0.2) is 0 Å². The standard InChI is InChI=1S/C16H15N3O3/c17-11-6-7-13-12(8-11)19(9-14(18)20)16(21)15(22-13)10-4-2-1-3-5-10/h1-8,15H,9,17H2,(H2,18,20). The number of hydrogen-bond acceptors (Lipinski definition) is 4. The number of ether oxygens (including phenoxy) is 1. The summed E-state index contributed by atoms with van der Waals surface area (Å²) in [5.41, 5.74) is 12.7. The third-order valence-corrected chi connectivity index (χ3v) is 3.43. The molecule has 0 aromatic heterocycles. The van der Waals surface area contributed by atoms with E-state index in [0.717, 1.165) is 0 Å². The summed E-state index contributed by atoms with van der Waals surface area (Å²) in [6.45, 7) is -0.220. The van der Waals surface area contributed by atoms with Gasteiger partial charge in [-0.3, -0.25) is 14.5 Å². The van der Waals surface area contributed by atoms with Gasteiger partial charge in [-0.25, -0.2) is 0 Å². The van der Waals surface area contributed by atoms with E-state index >= 15 is 0 Å². The second-order valence-corrected chi connectivity index (χ2v) is 5.03. The van der Waals surface area contributed by atoms with Crippen molar-refractivity contribution in [2.45, 2.75) is 6.10 Å². The first kappa shape index (κ1) is 13.9. The van der Waals surface area contributed by atoms with Gasteiger partial charge in [-0.15, -0.1) is 0 Å². The molecule has 3 rings (SSSR count). The van der Waals surface area contributed by atoms with Gasteiger partial charge in [0.25, 0.3) is 5.91 Å². The van der Waals surface area contributed by atoms with Gasteiger partial charge in [-0.05, 0) is 18.2 Å². The van der Waals surface area contributed by atoms with Gasteiger partial charge < -0.3 is 16.2 Å². The van der Waals surface area contributed by atoms with E-state index in [9.17, 15) is 9.59 Å². The first-order chi connectivity index (χ1) is 10.6. The molecule has 1 aliphatic rings. The van der Waals surface area contributed by atoms with E-state index in [-0.39, 0.29) is 12.5 Å². The lowest BCUT2D eigenvalue weighted by molar-refractivity contribution is -0.128. The molecule has 1 unspecified atom stereocenters. The lowest BCUT2D eigenvalue weighted by Crippen LogP contribution is -2.45. The van der Waals surface area contributed by atoms with Crippen LogP contribution in [0.1, 0.15) is 11.7 Å². The highest BCUT2D eigenvalue weighted by Gasteiger charge is 2.36. The molecule has 0 aliphatic carbocycles. The van der Waals surface area contributed by atoms with E-state index in [1.54, 1.807) is 30.3 Å². The molecule has 1 heterocycles. The van der Waals surface area contributed by atoms with Gasteiger partial charge in [0.05, 0.1) is 5.69 Å². The Balaban J connectivity index is 2.06. The average molecular weight is 297 g/mol. The third-order valence-electron chi connectivity index (χ3n) is 3.43. The summed E-state index contributed by atoms with van der Waals surface area (Å²) in [6, 6.07) is 14.1. The molecule has 112 valence electrons.